The second-order valence-electron chi connectivity index (χ2n) is 4.86. The van der Waals surface area contributed by atoms with Gasteiger partial charge in [0.05, 0.1) is 7.11 Å². The number of carbonyl (C=O) groups is 1. The average molecular weight is 183 g/mol. The molecule has 1 saturated carbocycles. The number of hydrogen-bond donors (Lipinski definition) is 0. The van der Waals surface area contributed by atoms with Gasteiger partial charge in [0, 0.05) is 6.54 Å². The van der Waals surface area contributed by atoms with Gasteiger partial charge in [-0.15, -0.1) is 0 Å². The highest BCUT2D eigenvalue weighted by atomic mass is 16.5. The Morgan fingerprint density at radius 3 is 2.62 bits per heavy atom. The van der Waals surface area contributed by atoms with Crippen molar-refractivity contribution in [1.82, 2.24) is 4.90 Å². The van der Waals surface area contributed by atoms with E-state index >= 15 is 0 Å². The van der Waals surface area contributed by atoms with Crippen LogP contribution in [0, 0.1) is 17.3 Å². The Morgan fingerprint density at radius 2 is 2.15 bits per heavy atom. The summed E-state index contributed by atoms with van der Waals surface area (Å²) in [4.78, 5) is 13.6. The van der Waals surface area contributed by atoms with Crippen LogP contribution in [0.25, 0.3) is 0 Å². The summed E-state index contributed by atoms with van der Waals surface area (Å²) in [5, 5.41) is 0. The van der Waals surface area contributed by atoms with E-state index in [-0.39, 0.29) is 12.0 Å². The van der Waals surface area contributed by atoms with E-state index < -0.39 is 0 Å². The first-order valence-electron chi connectivity index (χ1n) is 4.78. The number of likely N-dealkylation sites (N-methyl/N-ethyl adjacent to an activating group) is 1. The smallest absolute Gasteiger partial charge is 0.323 e. The molecule has 2 rings (SSSR count). The zero-order valence-corrected chi connectivity index (χ0v) is 8.70. The number of hydrogen-bond acceptors (Lipinski definition) is 3. The highest BCUT2D eigenvalue weighted by molar-refractivity contribution is 5.77. The Bertz CT molecular complexity index is 249. The minimum Gasteiger partial charge on any atom is -0.468 e. The van der Waals surface area contributed by atoms with Crippen LogP contribution in [0.3, 0.4) is 0 Å². The molecule has 0 spiro atoms. The maximum atomic E-state index is 11.5. The van der Waals surface area contributed by atoms with Crippen LogP contribution in [0.4, 0.5) is 0 Å². The van der Waals surface area contributed by atoms with Gasteiger partial charge in [-0.25, -0.2) is 0 Å². The molecule has 3 nitrogen and oxygen atoms in total. The predicted molar refractivity (Wildman–Crippen MR) is 49.2 cm³/mol. The Hall–Kier alpha value is -0.570. The second-order valence-corrected chi connectivity index (χ2v) is 4.86. The molecule has 2 aliphatic rings. The fourth-order valence-corrected chi connectivity index (χ4v) is 2.91. The van der Waals surface area contributed by atoms with Crippen molar-refractivity contribution in [2.75, 3.05) is 20.7 Å². The zero-order chi connectivity index (χ0) is 9.80. The molecular formula is C10H17NO2. The second kappa shape index (κ2) is 2.47. The van der Waals surface area contributed by atoms with Crippen molar-refractivity contribution >= 4 is 5.97 Å². The van der Waals surface area contributed by atoms with E-state index in [1.807, 2.05) is 7.05 Å². The molecule has 3 atom stereocenters. The van der Waals surface area contributed by atoms with Crippen LogP contribution < -0.4 is 0 Å². The summed E-state index contributed by atoms with van der Waals surface area (Å²) in [6.45, 7) is 5.52. The molecule has 0 aromatic carbocycles. The van der Waals surface area contributed by atoms with Crippen molar-refractivity contribution in [2.24, 2.45) is 17.3 Å². The number of esters is 1. The normalized spacial score (nSPS) is 41.4. The van der Waals surface area contributed by atoms with Crippen molar-refractivity contribution in [3.05, 3.63) is 0 Å². The first kappa shape index (κ1) is 9.00. The molecular weight excluding hydrogens is 166 g/mol. The van der Waals surface area contributed by atoms with Gasteiger partial charge < -0.3 is 4.74 Å². The van der Waals surface area contributed by atoms with Gasteiger partial charge in [-0.3, -0.25) is 9.69 Å². The molecule has 0 aromatic heterocycles. The number of ether oxygens (including phenoxy) is 1. The number of piperidine rings is 1. The van der Waals surface area contributed by atoms with E-state index in [4.69, 9.17) is 4.74 Å². The molecule has 0 radical (unpaired) electrons. The molecule has 0 bridgehead atoms. The zero-order valence-electron chi connectivity index (χ0n) is 8.70. The monoisotopic (exact) mass is 183 g/mol. The molecule has 74 valence electrons. The molecule has 13 heavy (non-hydrogen) atoms. The molecule has 0 unspecified atom stereocenters. The standard InChI is InChI=1S/C10H17NO2/c1-10(2)6-5-11(3)8(7(6)10)9(12)13-4/h6-8H,5H2,1-4H3/t6-,7-,8-/m0/s1. The predicted octanol–water partition coefficient (Wildman–Crippen LogP) is 0.746. The average Bonchev–Trinajstić information content (AvgIpc) is 2.48. The van der Waals surface area contributed by atoms with E-state index in [2.05, 4.69) is 18.7 Å². The number of rotatable bonds is 1. The van der Waals surface area contributed by atoms with Gasteiger partial charge in [0.25, 0.3) is 0 Å². The van der Waals surface area contributed by atoms with Gasteiger partial charge in [-0.2, -0.15) is 0 Å². The largest absolute Gasteiger partial charge is 0.468 e. The summed E-state index contributed by atoms with van der Waals surface area (Å²) < 4.78 is 4.81. The lowest BCUT2D eigenvalue weighted by Crippen LogP contribution is -2.39. The molecule has 1 saturated heterocycles. The summed E-state index contributed by atoms with van der Waals surface area (Å²) in [7, 11) is 3.47. The van der Waals surface area contributed by atoms with Crippen LogP contribution in [0.5, 0.6) is 0 Å². The third-order valence-corrected chi connectivity index (χ3v) is 3.88. The van der Waals surface area contributed by atoms with Crippen molar-refractivity contribution in [1.29, 1.82) is 0 Å². The Balaban J connectivity index is 2.15. The Morgan fingerprint density at radius 1 is 1.54 bits per heavy atom. The van der Waals surface area contributed by atoms with Crippen LogP contribution >= 0.6 is 0 Å². The van der Waals surface area contributed by atoms with E-state index in [0.29, 0.717) is 17.3 Å². The summed E-state index contributed by atoms with van der Waals surface area (Å²) in [6.07, 6.45) is 0. The quantitative estimate of drug-likeness (QED) is 0.562. The minimum absolute atomic E-state index is 0.00463. The lowest BCUT2D eigenvalue weighted by Gasteiger charge is -2.24. The maximum absolute atomic E-state index is 11.5. The topological polar surface area (TPSA) is 29.5 Å². The molecule has 1 heterocycles. The third kappa shape index (κ3) is 1.03. The third-order valence-electron chi connectivity index (χ3n) is 3.88. The van der Waals surface area contributed by atoms with Crippen LogP contribution in [-0.2, 0) is 9.53 Å². The number of fused-ring (bicyclic) bond motifs is 1. The summed E-state index contributed by atoms with van der Waals surface area (Å²) in [6, 6.07) is 0.00463. The van der Waals surface area contributed by atoms with E-state index in [1.165, 1.54) is 7.11 Å². The van der Waals surface area contributed by atoms with Gasteiger partial charge in [0.15, 0.2) is 0 Å². The van der Waals surface area contributed by atoms with Gasteiger partial charge >= 0.3 is 5.97 Å². The summed E-state index contributed by atoms with van der Waals surface area (Å²) in [5.41, 5.74) is 0.353. The number of likely N-dealkylation sites (tertiary alicyclic amines) is 1. The molecule has 2 fully saturated rings. The van der Waals surface area contributed by atoms with Crippen molar-refractivity contribution < 1.29 is 9.53 Å². The number of carbonyl (C=O) groups excluding carboxylic acids is 1. The molecule has 0 N–H and O–H groups in total. The van der Waals surface area contributed by atoms with Crippen LogP contribution in [-0.4, -0.2) is 37.6 Å². The SMILES string of the molecule is COC(=O)[C@@H]1[C@@H]2[C@H](CN1C)C2(C)C. The Kier molecular flexibility index (Phi) is 1.71. The molecule has 0 aromatic rings. The van der Waals surface area contributed by atoms with Gasteiger partial charge in [-0.05, 0) is 24.3 Å². The van der Waals surface area contributed by atoms with E-state index in [9.17, 15) is 4.79 Å². The number of methoxy groups -OCH3 is 1. The van der Waals surface area contributed by atoms with Gasteiger partial charge in [0.2, 0.25) is 0 Å². The van der Waals surface area contributed by atoms with Crippen molar-refractivity contribution in [2.45, 2.75) is 19.9 Å². The lowest BCUT2D eigenvalue weighted by molar-refractivity contribution is -0.146. The first-order valence-corrected chi connectivity index (χ1v) is 4.78. The fourth-order valence-electron chi connectivity index (χ4n) is 2.91. The van der Waals surface area contributed by atoms with Crippen molar-refractivity contribution in [3.8, 4) is 0 Å². The van der Waals surface area contributed by atoms with E-state index in [0.717, 1.165) is 6.54 Å². The van der Waals surface area contributed by atoms with Crippen molar-refractivity contribution in [3.63, 3.8) is 0 Å². The first-order chi connectivity index (χ1) is 6.00. The summed E-state index contributed by atoms with van der Waals surface area (Å²) >= 11 is 0. The highest BCUT2D eigenvalue weighted by Gasteiger charge is 2.68. The van der Waals surface area contributed by atoms with Crippen LogP contribution in [0.2, 0.25) is 0 Å². The molecule has 0 amide bonds. The highest BCUT2D eigenvalue weighted by Crippen LogP contribution is 2.64. The Labute approximate surface area is 79.0 Å². The molecule has 1 aliphatic heterocycles. The minimum atomic E-state index is -0.0689. The lowest BCUT2D eigenvalue weighted by atomic mass is 10.0. The van der Waals surface area contributed by atoms with Gasteiger partial charge in [-0.1, -0.05) is 13.8 Å². The fraction of sp³-hybridized carbons (Fsp3) is 0.900. The summed E-state index contributed by atoms with van der Waals surface area (Å²) in [5.74, 6) is 1.15. The van der Waals surface area contributed by atoms with Crippen LogP contribution in [0.15, 0.2) is 0 Å². The van der Waals surface area contributed by atoms with E-state index in [1.54, 1.807) is 0 Å². The van der Waals surface area contributed by atoms with Crippen LogP contribution in [0.1, 0.15) is 13.8 Å². The maximum Gasteiger partial charge on any atom is 0.323 e. The van der Waals surface area contributed by atoms with Gasteiger partial charge in [0.1, 0.15) is 6.04 Å². The number of nitrogens with zero attached hydrogens (tertiary/aromatic N) is 1. The molecule has 1 aliphatic carbocycles. The molecule has 3 heteroatoms.